The van der Waals surface area contributed by atoms with Crippen LogP contribution < -0.4 is 15.4 Å². The van der Waals surface area contributed by atoms with Gasteiger partial charge in [0.15, 0.2) is 0 Å². The lowest BCUT2D eigenvalue weighted by Gasteiger charge is -2.32. The van der Waals surface area contributed by atoms with E-state index in [1.54, 1.807) is 19.1 Å². The Balaban J connectivity index is 1.86. The van der Waals surface area contributed by atoms with Crippen LogP contribution in [-0.4, -0.2) is 18.6 Å². The minimum absolute atomic E-state index is 0.119. The van der Waals surface area contributed by atoms with Crippen molar-refractivity contribution >= 4 is 22.8 Å². The van der Waals surface area contributed by atoms with Crippen LogP contribution in [0, 0.1) is 11.7 Å². The third kappa shape index (κ3) is 4.73. The van der Waals surface area contributed by atoms with Crippen molar-refractivity contribution in [1.82, 2.24) is 10.6 Å². The van der Waals surface area contributed by atoms with Gasteiger partial charge in [0.1, 0.15) is 18.2 Å². The molecule has 34 heavy (non-hydrogen) atoms. The summed E-state index contributed by atoms with van der Waals surface area (Å²) < 4.78 is 24.9. The molecule has 4 rings (SSSR count). The lowest BCUT2D eigenvalue weighted by Crippen LogP contribution is -2.47. The maximum absolute atomic E-state index is 13.3. The number of hydrogen-bond donors (Lipinski definition) is 2. The van der Waals surface area contributed by atoms with Crippen molar-refractivity contribution < 1.29 is 23.5 Å². The van der Waals surface area contributed by atoms with Crippen LogP contribution in [0.1, 0.15) is 37.9 Å². The molecule has 3 aromatic rings. The van der Waals surface area contributed by atoms with Crippen molar-refractivity contribution in [3.8, 4) is 5.75 Å². The van der Waals surface area contributed by atoms with E-state index in [2.05, 4.69) is 10.6 Å². The third-order valence-corrected chi connectivity index (χ3v) is 5.70. The van der Waals surface area contributed by atoms with Crippen LogP contribution in [0.3, 0.4) is 0 Å². The standard InChI is InChI=1S/C27H27FN2O4/c1-4-33-26(31)23-24(16(2)3)29-27(32)30-25(23)22-20-8-6-5-7-18(20)11-14-21(22)34-15-17-9-12-19(28)13-10-17/h5-14,16,25H,4,15H2,1-3H3,(H2,29,30,32). The second-order valence-electron chi connectivity index (χ2n) is 8.35. The summed E-state index contributed by atoms with van der Waals surface area (Å²) in [4.78, 5) is 25.8. The Morgan fingerprint density at radius 1 is 1.06 bits per heavy atom. The number of hydrogen-bond acceptors (Lipinski definition) is 4. The van der Waals surface area contributed by atoms with Crippen LogP contribution in [0.5, 0.6) is 5.75 Å². The lowest BCUT2D eigenvalue weighted by molar-refractivity contribution is -0.139. The molecule has 1 aliphatic rings. The van der Waals surface area contributed by atoms with E-state index < -0.39 is 18.0 Å². The first-order valence-electron chi connectivity index (χ1n) is 11.3. The number of carbonyl (C=O) groups is 2. The first kappa shape index (κ1) is 23.3. The third-order valence-electron chi connectivity index (χ3n) is 5.70. The fraction of sp³-hybridized carbons (Fsp3) is 0.259. The SMILES string of the molecule is CCOC(=O)C1=C(C(C)C)NC(=O)NC1c1c(OCc2ccc(F)cc2)ccc2ccccc12. The lowest BCUT2D eigenvalue weighted by atomic mass is 9.88. The molecule has 1 unspecified atom stereocenters. The van der Waals surface area contributed by atoms with E-state index in [-0.39, 0.29) is 24.9 Å². The Morgan fingerprint density at radius 2 is 1.79 bits per heavy atom. The predicted molar refractivity (Wildman–Crippen MR) is 128 cm³/mol. The normalized spacial score (nSPS) is 15.8. The zero-order chi connectivity index (χ0) is 24.2. The van der Waals surface area contributed by atoms with Crippen molar-refractivity contribution in [2.75, 3.05) is 6.61 Å². The Hall–Kier alpha value is -3.87. The number of ether oxygens (including phenoxy) is 2. The topological polar surface area (TPSA) is 76.7 Å². The predicted octanol–water partition coefficient (Wildman–Crippen LogP) is 5.39. The quantitative estimate of drug-likeness (QED) is 0.462. The molecule has 0 fully saturated rings. The molecule has 176 valence electrons. The number of amides is 2. The minimum atomic E-state index is -0.778. The Bertz CT molecular complexity index is 1250. The number of carbonyl (C=O) groups excluding carboxylic acids is 2. The van der Waals surface area contributed by atoms with Crippen LogP contribution in [0.2, 0.25) is 0 Å². The van der Waals surface area contributed by atoms with Crippen LogP contribution >= 0.6 is 0 Å². The van der Waals surface area contributed by atoms with Crippen molar-refractivity contribution in [3.05, 3.63) is 88.9 Å². The first-order chi connectivity index (χ1) is 16.4. The molecule has 0 radical (unpaired) electrons. The summed E-state index contributed by atoms with van der Waals surface area (Å²) in [5.74, 6) is -0.425. The van der Waals surface area contributed by atoms with Gasteiger partial charge in [0.25, 0.3) is 0 Å². The number of allylic oxidation sites excluding steroid dienone is 1. The number of esters is 1. The van der Waals surface area contributed by atoms with Crippen LogP contribution in [-0.2, 0) is 16.1 Å². The number of fused-ring (bicyclic) bond motifs is 1. The molecule has 0 aliphatic carbocycles. The van der Waals surface area contributed by atoms with Gasteiger partial charge < -0.3 is 20.1 Å². The van der Waals surface area contributed by atoms with Gasteiger partial charge in [-0.3, -0.25) is 0 Å². The van der Waals surface area contributed by atoms with E-state index in [0.29, 0.717) is 22.6 Å². The summed E-state index contributed by atoms with van der Waals surface area (Å²) >= 11 is 0. The van der Waals surface area contributed by atoms with Gasteiger partial charge in [0, 0.05) is 11.3 Å². The van der Waals surface area contributed by atoms with Crippen molar-refractivity contribution in [1.29, 1.82) is 0 Å². The highest BCUT2D eigenvalue weighted by atomic mass is 19.1. The van der Waals surface area contributed by atoms with E-state index >= 15 is 0 Å². The number of halogens is 1. The van der Waals surface area contributed by atoms with E-state index in [9.17, 15) is 14.0 Å². The van der Waals surface area contributed by atoms with E-state index in [0.717, 1.165) is 16.3 Å². The molecule has 0 saturated heterocycles. The fourth-order valence-corrected chi connectivity index (χ4v) is 4.13. The summed E-state index contributed by atoms with van der Waals surface area (Å²) in [5, 5.41) is 7.48. The molecule has 0 saturated carbocycles. The molecule has 7 heteroatoms. The Labute approximate surface area is 197 Å². The van der Waals surface area contributed by atoms with Gasteiger partial charge in [-0.1, -0.05) is 56.3 Å². The van der Waals surface area contributed by atoms with Gasteiger partial charge in [0.2, 0.25) is 0 Å². The van der Waals surface area contributed by atoms with Crippen LogP contribution in [0.4, 0.5) is 9.18 Å². The van der Waals surface area contributed by atoms with E-state index in [1.807, 2.05) is 50.2 Å². The highest BCUT2D eigenvalue weighted by molar-refractivity contribution is 5.98. The number of benzene rings is 3. The number of nitrogens with one attached hydrogen (secondary N) is 2. The molecule has 1 aliphatic heterocycles. The Morgan fingerprint density at radius 3 is 2.50 bits per heavy atom. The van der Waals surface area contributed by atoms with E-state index in [4.69, 9.17) is 9.47 Å². The minimum Gasteiger partial charge on any atom is -0.489 e. The molecular formula is C27H27FN2O4. The molecule has 2 amide bonds. The van der Waals surface area contributed by atoms with Gasteiger partial charge in [-0.2, -0.15) is 0 Å². The highest BCUT2D eigenvalue weighted by Gasteiger charge is 2.37. The maximum atomic E-state index is 13.3. The van der Waals surface area contributed by atoms with Crippen molar-refractivity contribution in [3.63, 3.8) is 0 Å². The fourth-order valence-electron chi connectivity index (χ4n) is 4.13. The number of rotatable bonds is 7. The maximum Gasteiger partial charge on any atom is 0.338 e. The molecule has 2 N–H and O–H groups in total. The van der Waals surface area contributed by atoms with Gasteiger partial charge in [-0.15, -0.1) is 0 Å². The van der Waals surface area contributed by atoms with Gasteiger partial charge in [-0.25, -0.2) is 14.0 Å². The summed E-state index contributed by atoms with van der Waals surface area (Å²) in [6, 6.07) is 16.4. The van der Waals surface area contributed by atoms with Gasteiger partial charge in [0.05, 0.1) is 18.2 Å². The zero-order valence-corrected chi connectivity index (χ0v) is 19.4. The molecule has 0 aromatic heterocycles. The smallest absolute Gasteiger partial charge is 0.338 e. The molecule has 0 spiro atoms. The van der Waals surface area contributed by atoms with Crippen molar-refractivity contribution in [2.45, 2.75) is 33.4 Å². The molecule has 3 aromatic carbocycles. The molecule has 1 atom stereocenters. The van der Waals surface area contributed by atoms with Crippen molar-refractivity contribution in [2.24, 2.45) is 5.92 Å². The molecule has 0 bridgehead atoms. The summed E-state index contributed by atoms with van der Waals surface area (Å²) in [6.45, 7) is 5.96. The summed E-state index contributed by atoms with van der Waals surface area (Å²) in [7, 11) is 0. The second-order valence-corrected chi connectivity index (χ2v) is 8.35. The average Bonchev–Trinajstić information content (AvgIpc) is 2.82. The first-order valence-corrected chi connectivity index (χ1v) is 11.3. The van der Waals surface area contributed by atoms with E-state index in [1.165, 1.54) is 12.1 Å². The van der Waals surface area contributed by atoms with Gasteiger partial charge in [-0.05, 0) is 47.4 Å². The van der Waals surface area contributed by atoms with Gasteiger partial charge >= 0.3 is 12.0 Å². The number of urea groups is 1. The summed E-state index contributed by atoms with van der Waals surface area (Å²) in [6.07, 6.45) is 0. The molecule has 1 heterocycles. The monoisotopic (exact) mass is 462 g/mol. The molecule has 6 nitrogen and oxygen atoms in total. The average molecular weight is 463 g/mol. The largest absolute Gasteiger partial charge is 0.489 e. The molecular weight excluding hydrogens is 435 g/mol. The van der Waals surface area contributed by atoms with Crippen LogP contribution in [0.15, 0.2) is 71.9 Å². The Kier molecular flexibility index (Phi) is 6.82. The van der Waals surface area contributed by atoms with Crippen LogP contribution in [0.25, 0.3) is 10.8 Å². The zero-order valence-electron chi connectivity index (χ0n) is 19.4. The summed E-state index contributed by atoms with van der Waals surface area (Å²) in [5.41, 5.74) is 2.32. The second kappa shape index (κ2) is 9.95. The highest BCUT2D eigenvalue weighted by Crippen LogP contribution is 2.40.